The Bertz CT molecular complexity index is 144. The zero-order chi connectivity index (χ0) is 10.2. The Morgan fingerprint density at radius 2 is 2.29 bits per heavy atom. The Balaban J connectivity index is 1.98. The minimum Gasteiger partial charge on any atom is -0.384 e. The van der Waals surface area contributed by atoms with Crippen LogP contribution in [-0.2, 0) is 9.47 Å². The lowest BCUT2D eigenvalue weighted by Gasteiger charge is -2.15. The van der Waals surface area contributed by atoms with Crippen molar-refractivity contribution < 1.29 is 9.47 Å². The van der Waals surface area contributed by atoms with Gasteiger partial charge in [-0.15, -0.1) is 0 Å². The fraction of sp³-hybridized carbons (Fsp3) is 1.00. The van der Waals surface area contributed by atoms with Crippen molar-refractivity contribution in [1.82, 2.24) is 4.90 Å². The van der Waals surface area contributed by atoms with Gasteiger partial charge < -0.3 is 20.1 Å². The maximum absolute atomic E-state index is 5.34. The molecule has 0 aliphatic carbocycles. The van der Waals surface area contributed by atoms with Gasteiger partial charge in [0.1, 0.15) is 0 Å². The zero-order valence-electron chi connectivity index (χ0n) is 9.08. The quantitative estimate of drug-likeness (QED) is 0.587. The molecule has 1 unspecified atom stereocenters. The molecule has 0 radical (unpaired) electrons. The monoisotopic (exact) mass is 202 g/mol. The summed E-state index contributed by atoms with van der Waals surface area (Å²) in [5.41, 5.74) is 5.33. The predicted octanol–water partition coefficient (Wildman–Crippen LogP) is -0.0700. The Hall–Kier alpha value is -0.160. The highest BCUT2D eigenvalue weighted by Crippen LogP contribution is 2.15. The number of ether oxygens (including phenoxy) is 2. The van der Waals surface area contributed by atoms with Gasteiger partial charge in [-0.2, -0.15) is 0 Å². The summed E-state index contributed by atoms with van der Waals surface area (Å²) in [5.74, 6) is 0.717. The summed E-state index contributed by atoms with van der Waals surface area (Å²) >= 11 is 0. The summed E-state index contributed by atoms with van der Waals surface area (Å²) in [6, 6.07) is 0. The van der Waals surface area contributed by atoms with Gasteiger partial charge >= 0.3 is 0 Å². The van der Waals surface area contributed by atoms with Crippen LogP contribution < -0.4 is 5.73 Å². The second kappa shape index (κ2) is 7.17. The molecule has 1 atom stereocenters. The van der Waals surface area contributed by atoms with E-state index in [1.165, 1.54) is 13.0 Å². The molecular weight excluding hydrogens is 180 g/mol. The van der Waals surface area contributed by atoms with Gasteiger partial charge in [-0.3, -0.25) is 0 Å². The molecule has 0 saturated carbocycles. The van der Waals surface area contributed by atoms with Crippen LogP contribution in [0.25, 0.3) is 0 Å². The average Bonchev–Trinajstić information content (AvgIpc) is 2.61. The standard InChI is InChI=1S/C10H22N2O2/c1-13-9-10-2-4-12(8-10)5-7-14-6-3-11/h10H,2-9,11H2,1H3. The van der Waals surface area contributed by atoms with Gasteiger partial charge in [0.05, 0.1) is 19.8 Å². The molecule has 0 aromatic carbocycles. The Morgan fingerprint density at radius 1 is 1.43 bits per heavy atom. The van der Waals surface area contributed by atoms with Crippen LogP contribution in [-0.4, -0.2) is 58.0 Å². The maximum Gasteiger partial charge on any atom is 0.0594 e. The Kier molecular flexibility index (Phi) is 6.10. The molecule has 4 nitrogen and oxygen atoms in total. The summed E-state index contributed by atoms with van der Waals surface area (Å²) in [5, 5.41) is 0. The van der Waals surface area contributed by atoms with E-state index in [0.717, 1.165) is 32.2 Å². The molecule has 1 saturated heterocycles. The van der Waals surface area contributed by atoms with E-state index in [1.807, 2.05) is 0 Å². The lowest BCUT2D eigenvalue weighted by Crippen LogP contribution is -2.26. The lowest BCUT2D eigenvalue weighted by atomic mass is 10.1. The number of likely N-dealkylation sites (tertiary alicyclic amines) is 1. The first-order valence-corrected chi connectivity index (χ1v) is 5.36. The average molecular weight is 202 g/mol. The lowest BCUT2D eigenvalue weighted by molar-refractivity contribution is 0.111. The Morgan fingerprint density at radius 3 is 3.00 bits per heavy atom. The van der Waals surface area contributed by atoms with Crippen LogP contribution in [0.3, 0.4) is 0 Å². The van der Waals surface area contributed by atoms with Crippen LogP contribution in [0.5, 0.6) is 0 Å². The van der Waals surface area contributed by atoms with Crippen molar-refractivity contribution in [3.63, 3.8) is 0 Å². The van der Waals surface area contributed by atoms with Crippen LogP contribution in [0.4, 0.5) is 0 Å². The highest BCUT2D eigenvalue weighted by molar-refractivity contribution is 4.74. The summed E-state index contributed by atoms with van der Waals surface area (Å²) < 4.78 is 10.5. The van der Waals surface area contributed by atoms with Crippen molar-refractivity contribution in [3.8, 4) is 0 Å². The first kappa shape index (κ1) is 11.9. The van der Waals surface area contributed by atoms with E-state index in [2.05, 4.69) is 4.90 Å². The van der Waals surface area contributed by atoms with Crippen molar-refractivity contribution in [2.45, 2.75) is 6.42 Å². The number of nitrogens with zero attached hydrogens (tertiary/aromatic N) is 1. The topological polar surface area (TPSA) is 47.7 Å². The van der Waals surface area contributed by atoms with Gasteiger partial charge in [-0.1, -0.05) is 0 Å². The molecule has 84 valence electrons. The predicted molar refractivity (Wildman–Crippen MR) is 56.3 cm³/mol. The molecule has 1 heterocycles. The number of methoxy groups -OCH3 is 1. The SMILES string of the molecule is COCC1CCN(CCOCCN)C1. The van der Waals surface area contributed by atoms with Crippen molar-refractivity contribution in [2.24, 2.45) is 11.7 Å². The molecule has 0 amide bonds. The molecule has 0 aromatic rings. The number of rotatable bonds is 7. The van der Waals surface area contributed by atoms with E-state index in [-0.39, 0.29) is 0 Å². The van der Waals surface area contributed by atoms with Crippen molar-refractivity contribution >= 4 is 0 Å². The van der Waals surface area contributed by atoms with Crippen LogP contribution >= 0.6 is 0 Å². The molecular formula is C10H22N2O2. The van der Waals surface area contributed by atoms with Gasteiger partial charge in [0.2, 0.25) is 0 Å². The third-order valence-corrected chi connectivity index (χ3v) is 2.59. The van der Waals surface area contributed by atoms with E-state index in [4.69, 9.17) is 15.2 Å². The minimum absolute atomic E-state index is 0.617. The number of nitrogens with two attached hydrogens (primary N) is 1. The van der Waals surface area contributed by atoms with E-state index >= 15 is 0 Å². The van der Waals surface area contributed by atoms with Crippen LogP contribution in [0.1, 0.15) is 6.42 Å². The highest BCUT2D eigenvalue weighted by atomic mass is 16.5. The molecule has 0 bridgehead atoms. The molecule has 1 fully saturated rings. The van der Waals surface area contributed by atoms with Crippen molar-refractivity contribution in [2.75, 3.05) is 53.1 Å². The van der Waals surface area contributed by atoms with Gasteiger partial charge in [-0.25, -0.2) is 0 Å². The van der Waals surface area contributed by atoms with E-state index in [0.29, 0.717) is 13.2 Å². The second-order valence-electron chi connectivity index (χ2n) is 3.81. The fourth-order valence-corrected chi connectivity index (χ4v) is 1.87. The first-order chi connectivity index (χ1) is 6.86. The second-order valence-corrected chi connectivity index (χ2v) is 3.81. The molecule has 0 aromatic heterocycles. The van der Waals surface area contributed by atoms with Crippen molar-refractivity contribution in [3.05, 3.63) is 0 Å². The van der Waals surface area contributed by atoms with E-state index < -0.39 is 0 Å². The molecule has 1 aliphatic rings. The molecule has 2 N–H and O–H groups in total. The molecule has 0 spiro atoms. The molecule has 1 aliphatic heterocycles. The van der Waals surface area contributed by atoms with Crippen LogP contribution in [0.2, 0.25) is 0 Å². The number of hydrogen-bond acceptors (Lipinski definition) is 4. The largest absolute Gasteiger partial charge is 0.384 e. The van der Waals surface area contributed by atoms with Gasteiger partial charge in [0.25, 0.3) is 0 Å². The summed E-state index contributed by atoms with van der Waals surface area (Å²) in [6.07, 6.45) is 1.25. The third kappa shape index (κ3) is 4.37. The van der Waals surface area contributed by atoms with Gasteiger partial charge in [0, 0.05) is 26.7 Å². The van der Waals surface area contributed by atoms with Crippen LogP contribution in [0.15, 0.2) is 0 Å². The smallest absolute Gasteiger partial charge is 0.0594 e. The fourth-order valence-electron chi connectivity index (χ4n) is 1.87. The van der Waals surface area contributed by atoms with Crippen LogP contribution in [0, 0.1) is 5.92 Å². The minimum atomic E-state index is 0.617. The summed E-state index contributed by atoms with van der Waals surface area (Å²) in [6.45, 7) is 6.35. The van der Waals surface area contributed by atoms with Crippen molar-refractivity contribution in [1.29, 1.82) is 0 Å². The third-order valence-electron chi connectivity index (χ3n) is 2.59. The highest BCUT2D eigenvalue weighted by Gasteiger charge is 2.21. The first-order valence-electron chi connectivity index (χ1n) is 5.36. The maximum atomic E-state index is 5.34. The summed E-state index contributed by atoms with van der Waals surface area (Å²) in [4.78, 5) is 2.43. The number of hydrogen-bond donors (Lipinski definition) is 1. The van der Waals surface area contributed by atoms with Gasteiger partial charge in [-0.05, 0) is 18.9 Å². The Labute approximate surface area is 86.3 Å². The van der Waals surface area contributed by atoms with E-state index in [9.17, 15) is 0 Å². The van der Waals surface area contributed by atoms with Gasteiger partial charge in [0.15, 0.2) is 0 Å². The van der Waals surface area contributed by atoms with E-state index in [1.54, 1.807) is 7.11 Å². The zero-order valence-corrected chi connectivity index (χ0v) is 9.08. The molecule has 1 rings (SSSR count). The summed E-state index contributed by atoms with van der Waals surface area (Å²) in [7, 11) is 1.77. The molecule has 14 heavy (non-hydrogen) atoms. The molecule has 4 heteroatoms. The normalized spacial score (nSPS) is 23.1.